The standard InChI is InChI=1S/C25H27F2N7O/c1-14(2)34-15(3)30-24-19(26)9-16(10-21(24)34)23-20(27)12-29-25(32-23)31-22-7-6-17(11-28-22)33-8-4-5-18(33)13-35/h6-7,9-12,14,18,35H,4-5,8,13H2,1-3H3,(H,28,29,31,32)/t18-/m1/s1. The number of hydrogen-bond acceptors (Lipinski definition) is 7. The molecule has 0 spiro atoms. The maximum atomic E-state index is 14.9. The van der Waals surface area contributed by atoms with Gasteiger partial charge in [0.15, 0.2) is 11.6 Å². The number of hydrogen-bond donors (Lipinski definition) is 2. The molecule has 2 N–H and O–H groups in total. The second-order valence-electron chi connectivity index (χ2n) is 9.04. The van der Waals surface area contributed by atoms with E-state index >= 15 is 0 Å². The molecule has 4 aromatic rings. The second-order valence-corrected chi connectivity index (χ2v) is 9.04. The molecule has 3 aromatic heterocycles. The molecule has 1 atom stereocenters. The zero-order valence-corrected chi connectivity index (χ0v) is 19.8. The van der Waals surface area contributed by atoms with E-state index < -0.39 is 11.6 Å². The number of fused-ring (bicyclic) bond motifs is 1. The SMILES string of the molecule is Cc1nc2c(F)cc(-c3nc(Nc4ccc(N5CCC[C@@H]5CO)cn4)ncc3F)cc2n1C(C)C. The van der Waals surface area contributed by atoms with Gasteiger partial charge in [0.1, 0.15) is 22.9 Å². The number of aromatic nitrogens is 5. The first-order valence-corrected chi connectivity index (χ1v) is 11.7. The largest absolute Gasteiger partial charge is 0.394 e. The Morgan fingerprint density at radius 3 is 2.66 bits per heavy atom. The predicted octanol–water partition coefficient (Wildman–Crippen LogP) is 4.76. The second kappa shape index (κ2) is 9.18. The van der Waals surface area contributed by atoms with Crippen molar-refractivity contribution in [1.29, 1.82) is 0 Å². The van der Waals surface area contributed by atoms with Gasteiger partial charge in [-0.15, -0.1) is 0 Å². The summed E-state index contributed by atoms with van der Waals surface area (Å²) < 4.78 is 31.6. The number of anilines is 3. The van der Waals surface area contributed by atoms with Crippen molar-refractivity contribution in [1.82, 2.24) is 24.5 Å². The van der Waals surface area contributed by atoms with E-state index in [4.69, 9.17) is 0 Å². The van der Waals surface area contributed by atoms with Crippen LogP contribution in [0.4, 0.5) is 26.2 Å². The number of aliphatic hydroxyl groups excluding tert-OH is 1. The molecule has 5 rings (SSSR count). The molecule has 182 valence electrons. The fourth-order valence-electron chi connectivity index (χ4n) is 4.80. The number of nitrogens with one attached hydrogen (secondary N) is 1. The Morgan fingerprint density at radius 2 is 1.94 bits per heavy atom. The number of aryl methyl sites for hydroxylation is 1. The minimum atomic E-state index is -0.658. The van der Waals surface area contributed by atoms with Crippen molar-refractivity contribution < 1.29 is 13.9 Å². The molecule has 0 saturated carbocycles. The third-order valence-electron chi connectivity index (χ3n) is 6.37. The number of pyridine rings is 1. The highest BCUT2D eigenvalue weighted by atomic mass is 19.1. The van der Waals surface area contributed by atoms with E-state index in [1.807, 2.05) is 31.4 Å². The molecular formula is C25H27F2N7O. The third-order valence-corrected chi connectivity index (χ3v) is 6.37. The maximum Gasteiger partial charge on any atom is 0.229 e. The summed E-state index contributed by atoms with van der Waals surface area (Å²) in [6.07, 6.45) is 4.76. The zero-order valence-electron chi connectivity index (χ0n) is 19.8. The molecule has 10 heteroatoms. The molecule has 1 fully saturated rings. The summed E-state index contributed by atoms with van der Waals surface area (Å²) in [6.45, 7) is 6.77. The Morgan fingerprint density at radius 1 is 1.11 bits per heavy atom. The van der Waals surface area contributed by atoms with Crippen molar-refractivity contribution in [3.63, 3.8) is 0 Å². The minimum Gasteiger partial charge on any atom is -0.394 e. The Hall–Kier alpha value is -3.66. The Labute approximate surface area is 201 Å². The summed E-state index contributed by atoms with van der Waals surface area (Å²) in [6, 6.07) is 6.80. The minimum absolute atomic E-state index is 0.0167. The van der Waals surface area contributed by atoms with E-state index in [2.05, 4.69) is 30.2 Å². The van der Waals surface area contributed by atoms with Gasteiger partial charge in [0, 0.05) is 18.2 Å². The first kappa shape index (κ1) is 23.1. The van der Waals surface area contributed by atoms with Crippen molar-refractivity contribution >= 4 is 28.5 Å². The first-order chi connectivity index (χ1) is 16.9. The fourth-order valence-corrected chi connectivity index (χ4v) is 4.80. The smallest absolute Gasteiger partial charge is 0.229 e. The van der Waals surface area contributed by atoms with Crippen molar-refractivity contribution in [3.05, 3.63) is 54.1 Å². The van der Waals surface area contributed by atoms with E-state index in [1.165, 1.54) is 6.07 Å². The van der Waals surface area contributed by atoms with Crippen LogP contribution in [0.15, 0.2) is 36.7 Å². The van der Waals surface area contributed by atoms with Gasteiger partial charge < -0.3 is 19.9 Å². The summed E-state index contributed by atoms with van der Waals surface area (Å²) in [4.78, 5) is 19.2. The molecule has 0 bridgehead atoms. The van der Waals surface area contributed by atoms with Crippen LogP contribution in [-0.4, -0.2) is 48.8 Å². The number of rotatable bonds is 6. The van der Waals surface area contributed by atoms with Crippen LogP contribution in [-0.2, 0) is 0 Å². The van der Waals surface area contributed by atoms with E-state index in [0.717, 1.165) is 31.3 Å². The van der Waals surface area contributed by atoms with Gasteiger partial charge in [-0.25, -0.2) is 28.7 Å². The van der Waals surface area contributed by atoms with Crippen LogP contribution >= 0.6 is 0 Å². The Bertz CT molecular complexity index is 1370. The van der Waals surface area contributed by atoms with E-state index in [-0.39, 0.29) is 35.8 Å². The summed E-state index contributed by atoms with van der Waals surface area (Å²) in [5.41, 5.74) is 2.04. The third kappa shape index (κ3) is 4.29. The molecular weight excluding hydrogens is 452 g/mol. The van der Waals surface area contributed by atoms with Gasteiger partial charge in [0.25, 0.3) is 0 Å². The lowest BCUT2D eigenvalue weighted by atomic mass is 10.1. The van der Waals surface area contributed by atoms with Crippen molar-refractivity contribution in [2.24, 2.45) is 0 Å². The lowest BCUT2D eigenvalue weighted by Crippen LogP contribution is -2.32. The van der Waals surface area contributed by atoms with Gasteiger partial charge in [-0.05, 0) is 57.9 Å². The normalized spacial score (nSPS) is 16.0. The van der Waals surface area contributed by atoms with Crippen LogP contribution in [0.3, 0.4) is 0 Å². The predicted molar refractivity (Wildman–Crippen MR) is 131 cm³/mol. The lowest BCUT2D eigenvalue weighted by Gasteiger charge is -2.24. The number of imidazole rings is 1. The van der Waals surface area contributed by atoms with Crippen LogP contribution < -0.4 is 10.2 Å². The van der Waals surface area contributed by atoms with Gasteiger partial charge in [0.05, 0.1) is 36.2 Å². The molecule has 8 nitrogen and oxygen atoms in total. The van der Waals surface area contributed by atoms with Crippen LogP contribution in [0.25, 0.3) is 22.3 Å². The van der Waals surface area contributed by atoms with Crippen LogP contribution in [0, 0.1) is 18.6 Å². The highest BCUT2D eigenvalue weighted by Gasteiger charge is 2.24. The highest BCUT2D eigenvalue weighted by molar-refractivity contribution is 5.83. The number of nitrogens with zero attached hydrogens (tertiary/aromatic N) is 6. The number of halogens is 2. The molecule has 0 unspecified atom stereocenters. The number of aliphatic hydroxyl groups is 1. The highest BCUT2D eigenvalue weighted by Crippen LogP contribution is 2.31. The Kier molecular flexibility index (Phi) is 6.06. The summed E-state index contributed by atoms with van der Waals surface area (Å²) in [7, 11) is 0. The van der Waals surface area contributed by atoms with Gasteiger partial charge in [-0.3, -0.25) is 0 Å². The van der Waals surface area contributed by atoms with Crippen molar-refractivity contribution in [2.75, 3.05) is 23.4 Å². The van der Waals surface area contributed by atoms with Gasteiger partial charge >= 0.3 is 0 Å². The lowest BCUT2D eigenvalue weighted by molar-refractivity contribution is 0.266. The molecule has 0 amide bonds. The molecule has 1 aliphatic heterocycles. The zero-order chi connectivity index (χ0) is 24.7. The van der Waals surface area contributed by atoms with E-state index in [0.29, 0.717) is 22.7 Å². The summed E-state index contributed by atoms with van der Waals surface area (Å²) in [5.74, 6) is 0.124. The van der Waals surface area contributed by atoms with E-state index in [9.17, 15) is 13.9 Å². The molecule has 35 heavy (non-hydrogen) atoms. The van der Waals surface area contributed by atoms with Crippen LogP contribution in [0.2, 0.25) is 0 Å². The maximum absolute atomic E-state index is 14.9. The fraction of sp³-hybridized carbons (Fsp3) is 0.360. The molecule has 4 heterocycles. The van der Waals surface area contributed by atoms with Gasteiger partial charge in [0.2, 0.25) is 5.95 Å². The molecule has 0 aliphatic carbocycles. The summed E-state index contributed by atoms with van der Waals surface area (Å²) in [5, 5.41) is 12.5. The van der Waals surface area contributed by atoms with E-state index in [1.54, 1.807) is 18.3 Å². The Balaban J connectivity index is 1.45. The number of benzene rings is 1. The molecule has 1 aliphatic rings. The van der Waals surface area contributed by atoms with Crippen molar-refractivity contribution in [3.8, 4) is 11.3 Å². The molecule has 1 saturated heterocycles. The van der Waals surface area contributed by atoms with Crippen LogP contribution in [0.1, 0.15) is 38.6 Å². The van der Waals surface area contributed by atoms with Gasteiger partial charge in [-0.2, -0.15) is 0 Å². The molecule has 0 radical (unpaired) electrons. The topological polar surface area (TPSA) is 92.0 Å². The van der Waals surface area contributed by atoms with Crippen LogP contribution in [0.5, 0.6) is 0 Å². The molecule has 1 aromatic carbocycles. The monoisotopic (exact) mass is 479 g/mol. The average molecular weight is 480 g/mol. The quantitative estimate of drug-likeness (QED) is 0.412. The first-order valence-electron chi connectivity index (χ1n) is 11.7. The summed E-state index contributed by atoms with van der Waals surface area (Å²) >= 11 is 0. The average Bonchev–Trinajstić information content (AvgIpc) is 3.45. The van der Waals surface area contributed by atoms with Gasteiger partial charge in [-0.1, -0.05) is 0 Å². The van der Waals surface area contributed by atoms with Crippen molar-refractivity contribution in [2.45, 2.75) is 45.7 Å².